The monoisotopic (exact) mass is 282 g/mol. The number of nitrogens with zero attached hydrogens (tertiary/aromatic N) is 1. The van der Waals surface area contributed by atoms with Crippen LogP contribution in [0.5, 0.6) is 0 Å². The summed E-state index contributed by atoms with van der Waals surface area (Å²) in [5, 5.41) is 21.7. The fourth-order valence-corrected chi connectivity index (χ4v) is 1.66. The van der Waals surface area contributed by atoms with Gasteiger partial charge >= 0.3 is 0 Å². The fourth-order valence-electron chi connectivity index (χ4n) is 1.14. The molecule has 0 spiro atoms. The first-order valence-electron chi connectivity index (χ1n) is 5.14. The summed E-state index contributed by atoms with van der Waals surface area (Å²) < 4.78 is 0.832. The van der Waals surface area contributed by atoms with Crippen molar-refractivity contribution in [2.24, 2.45) is 0 Å². The summed E-state index contributed by atoms with van der Waals surface area (Å²) >= 11 is 3.38. The third-order valence-corrected chi connectivity index (χ3v) is 3.18. The van der Waals surface area contributed by atoms with Crippen molar-refractivity contribution in [3.8, 4) is 6.07 Å². The van der Waals surface area contributed by atoms with E-state index in [0.29, 0.717) is 18.5 Å². The van der Waals surface area contributed by atoms with Crippen LogP contribution in [0.15, 0.2) is 22.7 Å². The molecular weight excluding hydrogens is 268 g/mol. The molecule has 1 rings (SSSR count). The lowest BCUT2D eigenvalue weighted by atomic mass is 10.0. The predicted octanol–water partition coefficient (Wildman–Crippen LogP) is 2.89. The molecule has 0 aromatic heterocycles. The Morgan fingerprint density at radius 3 is 2.75 bits per heavy atom. The molecule has 0 fully saturated rings. The summed E-state index contributed by atoms with van der Waals surface area (Å²) in [6, 6.07) is 7.40. The Morgan fingerprint density at radius 1 is 1.56 bits per heavy atom. The lowest BCUT2D eigenvalue weighted by Gasteiger charge is -2.22. The molecule has 0 radical (unpaired) electrons. The topological polar surface area (TPSA) is 56.0 Å². The van der Waals surface area contributed by atoms with E-state index < -0.39 is 5.60 Å². The number of benzene rings is 1. The Labute approximate surface area is 104 Å². The highest BCUT2D eigenvalue weighted by molar-refractivity contribution is 9.10. The molecular formula is C12H15BrN2O. The molecule has 0 saturated heterocycles. The van der Waals surface area contributed by atoms with E-state index in [1.54, 1.807) is 19.1 Å². The van der Waals surface area contributed by atoms with E-state index in [1.807, 2.05) is 13.0 Å². The average Bonchev–Trinajstić information content (AvgIpc) is 2.27. The van der Waals surface area contributed by atoms with Gasteiger partial charge < -0.3 is 10.4 Å². The summed E-state index contributed by atoms with van der Waals surface area (Å²) in [5.41, 5.74) is 0.778. The number of anilines is 1. The van der Waals surface area contributed by atoms with E-state index in [2.05, 4.69) is 27.3 Å². The highest BCUT2D eigenvalue weighted by atomic mass is 79.9. The van der Waals surface area contributed by atoms with E-state index in [1.165, 1.54) is 0 Å². The highest BCUT2D eigenvalue weighted by Gasteiger charge is 2.17. The molecule has 4 heteroatoms. The van der Waals surface area contributed by atoms with E-state index >= 15 is 0 Å². The number of aliphatic hydroxyl groups is 1. The smallest absolute Gasteiger partial charge is 0.0992 e. The Balaban J connectivity index is 2.73. The van der Waals surface area contributed by atoms with Gasteiger partial charge in [-0.1, -0.05) is 6.92 Å². The van der Waals surface area contributed by atoms with Crippen molar-refractivity contribution in [3.05, 3.63) is 28.2 Å². The lowest BCUT2D eigenvalue weighted by Crippen LogP contribution is -2.32. The molecule has 0 heterocycles. The maximum absolute atomic E-state index is 9.85. The molecule has 0 saturated carbocycles. The van der Waals surface area contributed by atoms with Crippen LogP contribution in [0.2, 0.25) is 0 Å². The van der Waals surface area contributed by atoms with E-state index in [9.17, 15) is 5.11 Å². The van der Waals surface area contributed by atoms with Gasteiger partial charge in [-0.05, 0) is 47.5 Å². The van der Waals surface area contributed by atoms with Crippen molar-refractivity contribution in [2.75, 3.05) is 11.9 Å². The summed E-state index contributed by atoms with van der Waals surface area (Å²) in [6.45, 7) is 4.21. The van der Waals surface area contributed by atoms with Crippen LogP contribution in [0.1, 0.15) is 25.8 Å². The molecule has 1 unspecified atom stereocenters. The SMILES string of the molecule is CCC(C)(O)CNc1ccc(C#N)cc1Br. The van der Waals surface area contributed by atoms with Crippen LogP contribution in [0.25, 0.3) is 0 Å². The quantitative estimate of drug-likeness (QED) is 0.893. The number of nitriles is 1. The molecule has 1 atom stereocenters. The van der Waals surface area contributed by atoms with Crippen molar-refractivity contribution in [1.29, 1.82) is 5.26 Å². The van der Waals surface area contributed by atoms with Crippen LogP contribution < -0.4 is 5.32 Å². The molecule has 16 heavy (non-hydrogen) atoms. The molecule has 0 amide bonds. The van der Waals surface area contributed by atoms with Crippen LogP contribution in [0, 0.1) is 11.3 Å². The van der Waals surface area contributed by atoms with Gasteiger partial charge in [0.05, 0.1) is 17.2 Å². The van der Waals surface area contributed by atoms with Crippen LogP contribution in [0.3, 0.4) is 0 Å². The Kier molecular flexibility index (Phi) is 4.34. The van der Waals surface area contributed by atoms with Gasteiger partial charge in [-0.25, -0.2) is 0 Å². The summed E-state index contributed by atoms with van der Waals surface area (Å²) in [5.74, 6) is 0. The molecule has 0 aliphatic rings. The normalized spacial score (nSPS) is 13.9. The minimum Gasteiger partial charge on any atom is -0.388 e. The number of nitrogens with one attached hydrogen (secondary N) is 1. The fraction of sp³-hybridized carbons (Fsp3) is 0.417. The van der Waals surface area contributed by atoms with E-state index in [0.717, 1.165) is 10.2 Å². The van der Waals surface area contributed by atoms with Gasteiger partial charge in [-0.3, -0.25) is 0 Å². The number of rotatable bonds is 4. The molecule has 0 aliphatic carbocycles. The van der Waals surface area contributed by atoms with Gasteiger partial charge in [-0.15, -0.1) is 0 Å². The zero-order valence-electron chi connectivity index (χ0n) is 9.42. The highest BCUT2D eigenvalue weighted by Crippen LogP contribution is 2.24. The zero-order valence-corrected chi connectivity index (χ0v) is 11.0. The van der Waals surface area contributed by atoms with Crippen molar-refractivity contribution in [1.82, 2.24) is 0 Å². The Morgan fingerprint density at radius 2 is 2.25 bits per heavy atom. The van der Waals surface area contributed by atoms with Gasteiger partial charge in [0.15, 0.2) is 0 Å². The average molecular weight is 283 g/mol. The van der Waals surface area contributed by atoms with Gasteiger partial charge in [-0.2, -0.15) is 5.26 Å². The molecule has 0 aliphatic heterocycles. The van der Waals surface area contributed by atoms with Crippen LogP contribution in [-0.4, -0.2) is 17.3 Å². The molecule has 0 bridgehead atoms. The van der Waals surface area contributed by atoms with E-state index in [-0.39, 0.29) is 0 Å². The van der Waals surface area contributed by atoms with Crippen molar-refractivity contribution in [3.63, 3.8) is 0 Å². The van der Waals surface area contributed by atoms with Gasteiger partial charge in [0, 0.05) is 16.7 Å². The second kappa shape index (κ2) is 5.33. The zero-order chi connectivity index (χ0) is 12.2. The molecule has 86 valence electrons. The minimum absolute atomic E-state index is 0.480. The number of hydrogen-bond donors (Lipinski definition) is 2. The third kappa shape index (κ3) is 3.51. The van der Waals surface area contributed by atoms with E-state index in [4.69, 9.17) is 5.26 Å². The summed E-state index contributed by atoms with van der Waals surface area (Å²) in [7, 11) is 0. The third-order valence-electron chi connectivity index (χ3n) is 2.52. The number of hydrogen-bond acceptors (Lipinski definition) is 3. The molecule has 1 aromatic carbocycles. The van der Waals surface area contributed by atoms with Crippen LogP contribution in [0.4, 0.5) is 5.69 Å². The molecule has 1 aromatic rings. The second-order valence-electron chi connectivity index (χ2n) is 4.01. The maximum Gasteiger partial charge on any atom is 0.0992 e. The lowest BCUT2D eigenvalue weighted by molar-refractivity contribution is 0.0697. The van der Waals surface area contributed by atoms with Crippen molar-refractivity contribution < 1.29 is 5.11 Å². The molecule has 2 N–H and O–H groups in total. The minimum atomic E-state index is -0.715. The summed E-state index contributed by atoms with van der Waals surface area (Å²) in [4.78, 5) is 0. The predicted molar refractivity (Wildman–Crippen MR) is 68.3 cm³/mol. The first-order valence-corrected chi connectivity index (χ1v) is 5.93. The van der Waals surface area contributed by atoms with Gasteiger partial charge in [0.25, 0.3) is 0 Å². The van der Waals surface area contributed by atoms with Crippen molar-refractivity contribution >= 4 is 21.6 Å². The first-order chi connectivity index (χ1) is 7.48. The number of halogens is 1. The standard InChI is InChI=1S/C12H15BrN2O/c1-3-12(2,16)8-15-11-5-4-9(7-14)6-10(11)13/h4-6,15-16H,3,8H2,1-2H3. The maximum atomic E-state index is 9.85. The molecule has 3 nitrogen and oxygen atoms in total. The summed E-state index contributed by atoms with van der Waals surface area (Å²) in [6.07, 6.45) is 0.688. The van der Waals surface area contributed by atoms with Gasteiger partial charge in [0.1, 0.15) is 0 Å². The Hall–Kier alpha value is -1.05. The van der Waals surface area contributed by atoms with Gasteiger partial charge in [0.2, 0.25) is 0 Å². The first kappa shape index (κ1) is 13.0. The second-order valence-corrected chi connectivity index (χ2v) is 4.86. The van der Waals surface area contributed by atoms with Crippen LogP contribution >= 0.6 is 15.9 Å². The largest absolute Gasteiger partial charge is 0.388 e. The van der Waals surface area contributed by atoms with Crippen LogP contribution in [-0.2, 0) is 0 Å². The van der Waals surface area contributed by atoms with Crippen molar-refractivity contribution in [2.45, 2.75) is 25.9 Å². The Bertz CT molecular complexity index is 410.